The van der Waals surface area contributed by atoms with Gasteiger partial charge in [0.05, 0.1) is 17.5 Å². The third kappa shape index (κ3) is 9.47. The van der Waals surface area contributed by atoms with Crippen molar-refractivity contribution >= 4 is 45.4 Å². The number of sulfonamides is 1. The Morgan fingerprint density at radius 3 is 2.30 bits per heavy atom. The number of carbonyl (C=O) groups excluding carboxylic acids is 3. The van der Waals surface area contributed by atoms with E-state index in [2.05, 4.69) is 10.6 Å². The molecule has 0 radical (unpaired) electrons. The highest BCUT2D eigenvalue weighted by Crippen LogP contribution is 2.50. The van der Waals surface area contributed by atoms with E-state index in [-0.39, 0.29) is 48.0 Å². The van der Waals surface area contributed by atoms with E-state index in [9.17, 15) is 22.8 Å². The normalized spacial score (nSPS) is 19.8. The Hall–Kier alpha value is -4.24. The minimum atomic E-state index is -4.04. The number of nitrogens with one attached hydrogen (secondary N) is 2. The zero-order valence-corrected chi connectivity index (χ0v) is 33.7. The van der Waals surface area contributed by atoms with Gasteiger partial charge in [0, 0.05) is 54.5 Å². The first-order valence-corrected chi connectivity index (χ1v) is 20.8. The van der Waals surface area contributed by atoms with E-state index in [1.165, 1.54) is 23.5 Å². The summed E-state index contributed by atoms with van der Waals surface area (Å²) < 4.78 is 62.5. The maximum atomic E-state index is 15.9. The van der Waals surface area contributed by atoms with Gasteiger partial charge in [0.1, 0.15) is 17.5 Å². The summed E-state index contributed by atoms with van der Waals surface area (Å²) >= 11 is 6.22. The monoisotopic (exact) mass is 812 g/mol. The van der Waals surface area contributed by atoms with Crippen molar-refractivity contribution in [1.29, 1.82) is 0 Å². The lowest BCUT2D eigenvalue weighted by Gasteiger charge is -2.46. The number of halogens is 2. The molecule has 56 heavy (non-hydrogen) atoms. The molecule has 302 valence electrons. The topological polar surface area (TPSA) is 144 Å². The quantitative estimate of drug-likeness (QED) is 0.208. The van der Waals surface area contributed by atoms with E-state index >= 15 is 4.39 Å². The Morgan fingerprint density at radius 2 is 1.68 bits per heavy atom. The average molecular weight is 813 g/mol. The van der Waals surface area contributed by atoms with Gasteiger partial charge in [-0.25, -0.2) is 22.4 Å². The minimum Gasteiger partial charge on any atom is -0.453 e. The molecule has 3 aliphatic rings. The number of methoxy groups -OCH3 is 1. The van der Waals surface area contributed by atoms with Crippen molar-refractivity contribution in [3.05, 3.63) is 94.8 Å². The van der Waals surface area contributed by atoms with Gasteiger partial charge in [0.2, 0.25) is 15.9 Å². The van der Waals surface area contributed by atoms with Crippen molar-refractivity contribution in [2.45, 2.75) is 93.3 Å². The second-order valence-electron chi connectivity index (χ2n) is 15.8. The van der Waals surface area contributed by atoms with Crippen LogP contribution in [-0.2, 0) is 35.4 Å². The average Bonchev–Trinajstić information content (AvgIpc) is 3.92. The highest BCUT2D eigenvalue weighted by atomic mass is 35.5. The third-order valence-electron chi connectivity index (χ3n) is 10.7. The summed E-state index contributed by atoms with van der Waals surface area (Å²) in [6.45, 7) is 6.48. The van der Waals surface area contributed by atoms with Crippen molar-refractivity contribution in [3.63, 3.8) is 0 Å². The largest absolute Gasteiger partial charge is 0.453 e. The van der Waals surface area contributed by atoms with Gasteiger partial charge < -0.3 is 29.7 Å². The summed E-state index contributed by atoms with van der Waals surface area (Å²) in [5.74, 6) is -1.76. The number of nitrogens with zero attached hydrogens (tertiary/aromatic N) is 2. The summed E-state index contributed by atoms with van der Waals surface area (Å²) in [6, 6.07) is 17.7. The number of anilines is 1. The van der Waals surface area contributed by atoms with Crippen molar-refractivity contribution in [1.82, 2.24) is 14.5 Å². The van der Waals surface area contributed by atoms with Crippen LogP contribution in [0.2, 0.25) is 5.02 Å². The predicted octanol–water partition coefficient (Wildman–Crippen LogP) is 7.13. The van der Waals surface area contributed by atoms with Crippen LogP contribution in [0.5, 0.6) is 0 Å². The summed E-state index contributed by atoms with van der Waals surface area (Å²) in [6.07, 6.45) is 1.15. The van der Waals surface area contributed by atoms with Crippen LogP contribution in [0.25, 0.3) is 0 Å². The number of rotatable bonds is 11. The molecule has 3 aromatic rings. The first-order valence-electron chi connectivity index (χ1n) is 19.0. The molecule has 0 aromatic heterocycles. The molecule has 2 heterocycles. The third-order valence-corrected chi connectivity index (χ3v) is 13.1. The summed E-state index contributed by atoms with van der Waals surface area (Å²) in [5, 5.41) is 6.15. The highest BCUT2D eigenvalue weighted by Gasteiger charge is 2.60. The standard InChI is InChI=1S/C41H50ClFN4O8S/c1-40(2,3)55-39(50)46-25-30(47(41(26-46)21-22-41)56(51,52)31-9-6-5-7-10-31)17-18-32-33(43)11-8-12-34(32)44-37(48)36(45-38(49)53-4)35(28-19-23-54-24-20-28)27-13-15-29(42)16-14-27/h5-16,28,30,35-36H,17-26H2,1-4H3,(H,44,48)(H,45,49). The SMILES string of the molecule is COC(=O)NC(C(=O)Nc1cccc(F)c1CCC1CN(C(=O)OC(C)(C)C)CC2(CC2)N1S(=O)(=O)c1ccccc1)C(c1ccc(Cl)cc1)C1CCOCC1. The van der Waals surface area contributed by atoms with E-state index in [1.54, 1.807) is 74.2 Å². The number of piperazine rings is 1. The molecule has 3 atom stereocenters. The van der Waals surface area contributed by atoms with E-state index in [1.807, 2.05) is 12.1 Å². The molecule has 3 fully saturated rings. The molecule has 2 aliphatic heterocycles. The summed E-state index contributed by atoms with van der Waals surface area (Å²) in [7, 11) is -2.83. The molecule has 0 bridgehead atoms. The number of benzene rings is 3. The Balaban J connectivity index is 1.31. The first kappa shape index (κ1) is 41.4. The van der Waals surface area contributed by atoms with Gasteiger partial charge >= 0.3 is 12.2 Å². The van der Waals surface area contributed by atoms with Crippen molar-refractivity contribution in [2.24, 2.45) is 5.92 Å². The molecule has 15 heteroatoms. The molecule has 3 unspecified atom stereocenters. The molecular formula is C41H50ClFN4O8S. The zero-order valence-electron chi connectivity index (χ0n) is 32.1. The van der Waals surface area contributed by atoms with Crippen LogP contribution in [0, 0.1) is 11.7 Å². The van der Waals surface area contributed by atoms with Crippen LogP contribution in [0.3, 0.4) is 0 Å². The number of hydrogen-bond donors (Lipinski definition) is 2. The van der Waals surface area contributed by atoms with Gasteiger partial charge in [-0.2, -0.15) is 4.31 Å². The van der Waals surface area contributed by atoms with Crippen LogP contribution >= 0.6 is 11.6 Å². The second kappa shape index (κ2) is 17.1. The van der Waals surface area contributed by atoms with Gasteiger partial charge in [-0.3, -0.25) is 4.79 Å². The molecule has 2 N–H and O–H groups in total. The predicted molar refractivity (Wildman–Crippen MR) is 209 cm³/mol. The van der Waals surface area contributed by atoms with Crippen LogP contribution in [0.1, 0.15) is 69.9 Å². The van der Waals surface area contributed by atoms with Gasteiger partial charge in [-0.15, -0.1) is 0 Å². The van der Waals surface area contributed by atoms with E-state index in [0.717, 1.165) is 5.56 Å². The number of hydrogen-bond acceptors (Lipinski definition) is 8. The van der Waals surface area contributed by atoms with Crippen LogP contribution in [-0.4, -0.2) is 92.4 Å². The molecule has 1 spiro atoms. The van der Waals surface area contributed by atoms with Gasteiger partial charge in [0.15, 0.2) is 0 Å². The summed E-state index contributed by atoms with van der Waals surface area (Å²) in [5.41, 5.74) is -0.504. The molecular weight excluding hydrogens is 763 g/mol. The number of ether oxygens (including phenoxy) is 3. The molecule has 1 saturated carbocycles. The van der Waals surface area contributed by atoms with Crippen molar-refractivity contribution < 1.29 is 41.4 Å². The minimum absolute atomic E-state index is 0.0156. The van der Waals surface area contributed by atoms with Crippen molar-refractivity contribution in [2.75, 3.05) is 38.7 Å². The van der Waals surface area contributed by atoms with Crippen molar-refractivity contribution in [3.8, 4) is 0 Å². The molecule has 1 aliphatic carbocycles. The van der Waals surface area contributed by atoms with Crippen LogP contribution in [0.15, 0.2) is 77.7 Å². The Morgan fingerprint density at radius 1 is 1.00 bits per heavy atom. The number of alkyl carbamates (subject to hydrolysis) is 1. The fourth-order valence-corrected chi connectivity index (χ4v) is 10.2. The van der Waals surface area contributed by atoms with E-state index in [0.29, 0.717) is 43.9 Å². The Bertz CT molecular complexity index is 1990. The van der Waals surface area contributed by atoms with Gasteiger partial charge in [-0.1, -0.05) is 48.0 Å². The summed E-state index contributed by atoms with van der Waals surface area (Å²) in [4.78, 5) is 42.3. The Labute approximate surface area is 333 Å². The number of amides is 3. The second-order valence-corrected chi connectivity index (χ2v) is 18.0. The first-order chi connectivity index (χ1) is 26.6. The highest BCUT2D eigenvalue weighted by molar-refractivity contribution is 7.89. The van der Waals surface area contributed by atoms with Gasteiger partial charge in [-0.05, 0) is 107 Å². The fourth-order valence-electron chi connectivity index (χ4n) is 8.01. The molecule has 12 nitrogen and oxygen atoms in total. The lowest BCUT2D eigenvalue weighted by atomic mass is 9.76. The fraction of sp³-hybridized carbons (Fsp3) is 0.488. The maximum Gasteiger partial charge on any atom is 0.410 e. The molecule has 3 amide bonds. The van der Waals surface area contributed by atoms with E-state index < -0.39 is 63.1 Å². The molecule has 3 aromatic carbocycles. The zero-order chi connectivity index (χ0) is 40.3. The van der Waals surface area contributed by atoms with Crippen LogP contribution in [0.4, 0.5) is 19.7 Å². The lowest BCUT2D eigenvalue weighted by molar-refractivity contribution is -0.119. The van der Waals surface area contributed by atoms with E-state index in [4.69, 9.17) is 25.8 Å². The van der Waals surface area contributed by atoms with Gasteiger partial charge in [0.25, 0.3) is 0 Å². The maximum absolute atomic E-state index is 15.9. The molecule has 6 rings (SSSR count). The smallest absolute Gasteiger partial charge is 0.410 e. The van der Waals surface area contributed by atoms with Crippen LogP contribution < -0.4 is 10.6 Å². The molecule has 2 saturated heterocycles. The lowest BCUT2D eigenvalue weighted by Crippen LogP contribution is -2.63. The Kier molecular flexibility index (Phi) is 12.6. The number of carbonyl (C=O) groups is 3.